The third kappa shape index (κ3) is 3.51. The summed E-state index contributed by atoms with van der Waals surface area (Å²) in [5.41, 5.74) is 2.76. The number of hydrogen-bond donors (Lipinski definition) is 2. The lowest BCUT2D eigenvalue weighted by atomic mass is 9.90. The molecule has 0 radical (unpaired) electrons. The van der Waals surface area contributed by atoms with Crippen LogP contribution in [0.25, 0.3) is 11.3 Å². The minimum atomic E-state index is -0.363. The van der Waals surface area contributed by atoms with E-state index in [1.54, 1.807) is 6.20 Å². The Labute approximate surface area is 177 Å². The van der Waals surface area contributed by atoms with Gasteiger partial charge in [0.2, 0.25) is 5.95 Å². The van der Waals surface area contributed by atoms with Gasteiger partial charge in [-0.25, -0.2) is 14.4 Å². The van der Waals surface area contributed by atoms with E-state index in [1.807, 2.05) is 0 Å². The molecule has 3 saturated carbocycles. The summed E-state index contributed by atoms with van der Waals surface area (Å²) in [6.07, 6.45) is 16.6. The van der Waals surface area contributed by atoms with Crippen LogP contribution >= 0.6 is 0 Å². The highest BCUT2D eigenvalue weighted by Crippen LogP contribution is 2.54. The average molecular weight is 411 g/mol. The van der Waals surface area contributed by atoms with Crippen molar-refractivity contribution in [3.8, 4) is 11.3 Å². The van der Waals surface area contributed by atoms with Crippen LogP contribution in [0, 0.1) is 11.2 Å². The van der Waals surface area contributed by atoms with Crippen molar-refractivity contribution in [2.45, 2.75) is 95.3 Å². The molecule has 0 saturated heterocycles. The number of anilines is 1. The second-order valence-corrected chi connectivity index (χ2v) is 10.1. The number of rotatable bonds is 5. The van der Waals surface area contributed by atoms with Crippen LogP contribution < -0.4 is 10.6 Å². The molecule has 30 heavy (non-hydrogen) atoms. The summed E-state index contributed by atoms with van der Waals surface area (Å²) in [6, 6.07) is 1.73. The molecule has 4 aliphatic rings. The van der Waals surface area contributed by atoms with Crippen molar-refractivity contribution in [3.05, 3.63) is 23.9 Å². The topological polar surface area (TPSA) is 67.7 Å². The fraction of sp³-hybridized carbons (Fsp3) is 0.696. The number of aromatic nitrogens is 4. The van der Waals surface area contributed by atoms with Crippen LogP contribution in [-0.2, 0) is 13.0 Å². The molecule has 3 heterocycles. The van der Waals surface area contributed by atoms with E-state index in [2.05, 4.69) is 30.4 Å². The molecule has 2 aromatic heterocycles. The van der Waals surface area contributed by atoms with E-state index in [9.17, 15) is 4.39 Å². The number of nitrogens with one attached hydrogen (secondary N) is 2. The molecule has 3 aliphatic carbocycles. The fourth-order valence-corrected chi connectivity index (χ4v) is 5.81. The Balaban J connectivity index is 1.12. The summed E-state index contributed by atoms with van der Waals surface area (Å²) >= 11 is 0. The lowest BCUT2D eigenvalue weighted by molar-refractivity contribution is 0.322. The van der Waals surface area contributed by atoms with Crippen LogP contribution in [0.4, 0.5) is 10.3 Å². The molecule has 6 nitrogen and oxygen atoms in total. The van der Waals surface area contributed by atoms with E-state index in [0.717, 1.165) is 43.1 Å². The molecule has 0 aromatic carbocycles. The zero-order chi connectivity index (χ0) is 20.1. The standard InChI is InChI=1S/C23H31FN6/c24-19-13-25-22(28-17-7-5-16(6-8-17)27-15-3-1-2-4-15)29-21(19)18-12-26-30-14-23(9-10-23)11-20(18)30/h12-13,15-17,27H,1-11,14H2,(H,25,28,29)/t16-,17-. The molecule has 1 aliphatic heterocycles. The highest BCUT2D eigenvalue weighted by molar-refractivity contribution is 5.64. The molecule has 0 atom stereocenters. The average Bonchev–Trinajstić information content (AvgIpc) is 3.06. The van der Waals surface area contributed by atoms with Crippen LogP contribution in [0.15, 0.2) is 12.4 Å². The Morgan fingerprint density at radius 1 is 0.967 bits per heavy atom. The third-order valence-corrected chi connectivity index (χ3v) is 7.82. The zero-order valence-electron chi connectivity index (χ0n) is 17.5. The molecule has 1 spiro atoms. The van der Waals surface area contributed by atoms with Gasteiger partial charge in [-0.3, -0.25) is 4.68 Å². The van der Waals surface area contributed by atoms with Gasteiger partial charge in [-0.05, 0) is 63.2 Å². The first-order chi connectivity index (χ1) is 14.7. The minimum absolute atomic E-state index is 0.359. The quantitative estimate of drug-likeness (QED) is 0.778. The molecule has 160 valence electrons. The molecular weight excluding hydrogens is 379 g/mol. The first kappa shape index (κ1) is 18.7. The SMILES string of the molecule is Fc1cnc(N[C@H]2CC[C@H](NC3CCCC3)CC2)nc1-c1cnn2c1CC1(CC1)C2. The van der Waals surface area contributed by atoms with E-state index < -0.39 is 0 Å². The normalized spacial score (nSPS) is 27.5. The maximum atomic E-state index is 14.6. The first-order valence-electron chi connectivity index (χ1n) is 11.8. The predicted octanol–water partition coefficient (Wildman–Crippen LogP) is 4.07. The largest absolute Gasteiger partial charge is 0.351 e. The summed E-state index contributed by atoms with van der Waals surface area (Å²) in [6.45, 7) is 0.971. The van der Waals surface area contributed by atoms with Crippen molar-refractivity contribution in [3.63, 3.8) is 0 Å². The van der Waals surface area contributed by atoms with Gasteiger partial charge in [0, 0.05) is 35.9 Å². The molecule has 0 amide bonds. The molecule has 2 N–H and O–H groups in total. The minimum Gasteiger partial charge on any atom is -0.351 e. The van der Waals surface area contributed by atoms with Gasteiger partial charge in [0.05, 0.1) is 12.4 Å². The van der Waals surface area contributed by atoms with Crippen molar-refractivity contribution in [1.82, 2.24) is 25.1 Å². The summed E-state index contributed by atoms with van der Waals surface area (Å²) in [7, 11) is 0. The van der Waals surface area contributed by atoms with Gasteiger partial charge >= 0.3 is 0 Å². The van der Waals surface area contributed by atoms with Gasteiger partial charge in [0.1, 0.15) is 5.69 Å². The second kappa shape index (κ2) is 7.29. The highest BCUT2D eigenvalue weighted by Gasteiger charge is 2.49. The Hall–Kier alpha value is -2.02. The maximum absolute atomic E-state index is 14.6. The summed E-state index contributed by atoms with van der Waals surface area (Å²) in [4.78, 5) is 8.83. The van der Waals surface area contributed by atoms with Crippen molar-refractivity contribution in [1.29, 1.82) is 0 Å². The number of nitrogens with zero attached hydrogens (tertiary/aromatic N) is 4. The van der Waals surface area contributed by atoms with Gasteiger partial charge in [-0.1, -0.05) is 12.8 Å². The molecular formula is C23H31FN6. The molecule has 0 bridgehead atoms. The van der Waals surface area contributed by atoms with Crippen LogP contribution in [0.1, 0.15) is 69.9 Å². The Morgan fingerprint density at radius 3 is 2.47 bits per heavy atom. The fourth-order valence-electron chi connectivity index (χ4n) is 5.81. The van der Waals surface area contributed by atoms with E-state index >= 15 is 0 Å². The van der Waals surface area contributed by atoms with Crippen LogP contribution in [0.5, 0.6) is 0 Å². The number of fused-ring (bicyclic) bond motifs is 1. The summed E-state index contributed by atoms with van der Waals surface area (Å²) < 4.78 is 16.7. The van der Waals surface area contributed by atoms with Crippen molar-refractivity contribution < 1.29 is 4.39 Å². The number of hydrogen-bond acceptors (Lipinski definition) is 5. The predicted molar refractivity (Wildman–Crippen MR) is 114 cm³/mol. The first-order valence-corrected chi connectivity index (χ1v) is 11.8. The Bertz CT molecular complexity index is 922. The van der Waals surface area contributed by atoms with E-state index in [4.69, 9.17) is 0 Å². The molecule has 3 fully saturated rings. The van der Waals surface area contributed by atoms with Crippen LogP contribution in [0.2, 0.25) is 0 Å². The van der Waals surface area contributed by atoms with Crippen LogP contribution in [-0.4, -0.2) is 37.9 Å². The number of halogens is 1. The molecule has 7 heteroatoms. The highest BCUT2D eigenvalue weighted by atomic mass is 19.1. The third-order valence-electron chi connectivity index (χ3n) is 7.82. The lowest BCUT2D eigenvalue weighted by Gasteiger charge is -2.31. The Morgan fingerprint density at radius 2 is 1.70 bits per heavy atom. The van der Waals surface area contributed by atoms with Gasteiger partial charge < -0.3 is 10.6 Å². The van der Waals surface area contributed by atoms with E-state index in [1.165, 1.54) is 57.6 Å². The molecule has 0 unspecified atom stereocenters. The van der Waals surface area contributed by atoms with Crippen molar-refractivity contribution >= 4 is 5.95 Å². The van der Waals surface area contributed by atoms with Crippen LogP contribution in [0.3, 0.4) is 0 Å². The van der Waals surface area contributed by atoms with Gasteiger partial charge in [0.15, 0.2) is 5.82 Å². The summed E-state index contributed by atoms with van der Waals surface area (Å²) in [5, 5.41) is 11.8. The smallest absolute Gasteiger partial charge is 0.223 e. The van der Waals surface area contributed by atoms with E-state index in [0.29, 0.717) is 29.1 Å². The van der Waals surface area contributed by atoms with Gasteiger partial charge in [0.25, 0.3) is 0 Å². The van der Waals surface area contributed by atoms with E-state index in [-0.39, 0.29) is 5.82 Å². The molecule has 6 rings (SSSR count). The maximum Gasteiger partial charge on any atom is 0.223 e. The van der Waals surface area contributed by atoms with Gasteiger partial charge in [-0.2, -0.15) is 5.10 Å². The van der Waals surface area contributed by atoms with Crippen molar-refractivity contribution in [2.24, 2.45) is 5.41 Å². The second-order valence-electron chi connectivity index (χ2n) is 10.1. The summed E-state index contributed by atoms with van der Waals surface area (Å²) in [5.74, 6) is 0.176. The monoisotopic (exact) mass is 410 g/mol. The van der Waals surface area contributed by atoms with Gasteiger partial charge in [-0.15, -0.1) is 0 Å². The van der Waals surface area contributed by atoms with Crippen molar-refractivity contribution in [2.75, 3.05) is 5.32 Å². The lowest BCUT2D eigenvalue weighted by Crippen LogP contribution is -2.41. The zero-order valence-corrected chi connectivity index (χ0v) is 17.5. The Kier molecular flexibility index (Phi) is 4.55. The molecule has 2 aromatic rings.